The Bertz CT molecular complexity index is 1070. The van der Waals surface area contributed by atoms with Crippen molar-refractivity contribution in [3.8, 4) is 0 Å². The Morgan fingerprint density at radius 1 is 0.938 bits per heavy atom. The van der Waals surface area contributed by atoms with Gasteiger partial charge < -0.3 is 10.2 Å². The van der Waals surface area contributed by atoms with E-state index in [-0.39, 0.29) is 17.2 Å². The number of benzene rings is 3. The van der Waals surface area contributed by atoms with Crippen LogP contribution in [-0.4, -0.2) is 34.2 Å². The molecule has 7 heteroatoms. The van der Waals surface area contributed by atoms with Crippen molar-refractivity contribution in [2.45, 2.75) is 25.9 Å². The number of carbonyl (C=O) groups excluding carboxylic acids is 2. The minimum Gasteiger partial charge on any atom is -0.341 e. The van der Waals surface area contributed by atoms with Crippen molar-refractivity contribution in [3.63, 3.8) is 0 Å². The molecule has 0 saturated heterocycles. The Morgan fingerprint density at radius 3 is 2.19 bits per heavy atom. The lowest BCUT2D eigenvalue weighted by molar-refractivity contribution is -0.384. The van der Waals surface area contributed by atoms with Gasteiger partial charge in [-0.05, 0) is 30.5 Å². The first-order chi connectivity index (χ1) is 15.4. The molecule has 0 radical (unpaired) electrons. The van der Waals surface area contributed by atoms with E-state index in [0.29, 0.717) is 19.5 Å². The highest BCUT2D eigenvalue weighted by molar-refractivity contribution is 5.97. The van der Waals surface area contributed by atoms with E-state index >= 15 is 0 Å². The highest BCUT2D eigenvalue weighted by Gasteiger charge is 2.23. The molecule has 3 rings (SSSR count). The van der Waals surface area contributed by atoms with E-state index in [1.54, 1.807) is 11.8 Å². The summed E-state index contributed by atoms with van der Waals surface area (Å²) >= 11 is 0. The number of non-ortho nitro benzene ring substituents is 1. The third-order valence-corrected chi connectivity index (χ3v) is 5.08. The molecule has 0 saturated carbocycles. The molecule has 3 aromatic carbocycles. The number of nitro benzene ring substituents is 1. The van der Waals surface area contributed by atoms with Crippen molar-refractivity contribution >= 4 is 17.5 Å². The second-order valence-corrected chi connectivity index (χ2v) is 7.48. The van der Waals surface area contributed by atoms with E-state index in [4.69, 9.17) is 0 Å². The molecule has 0 aliphatic heterocycles. The maximum atomic E-state index is 13.2. The molecule has 1 atom stereocenters. The van der Waals surface area contributed by atoms with Gasteiger partial charge in [-0.25, -0.2) is 0 Å². The van der Waals surface area contributed by atoms with Gasteiger partial charge in [-0.3, -0.25) is 19.7 Å². The van der Waals surface area contributed by atoms with Gasteiger partial charge in [0.15, 0.2) is 0 Å². The van der Waals surface area contributed by atoms with Crippen molar-refractivity contribution < 1.29 is 14.5 Å². The Kier molecular flexibility index (Phi) is 7.70. The highest BCUT2D eigenvalue weighted by atomic mass is 16.6. The van der Waals surface area contributed by atoms with Crippen LogP contribution in [0.15, 0.2) is 84.9 Å². The topological polar surface area (TPSA) is 92.5 Å². The van der Waals surface area contributed by atoms with Crippen LogP contribution in [0.4, 0.5) is 5.69 Å². The number of hydrogen-bond donors (Lipinski definition) is 1. The zero-order valence-corrected chi connectivity index (χ0v) is 17.8. The van der Waals surface area contributed by atoms with Gasteiger partial charge in [0.05, 0.1) is 4.92 Å². The first-order valence-electron chi connectivity index (χ1n) is 10.4. The van der Waals surface area contributed by atoms with Crippen molar-refractivity contribution in [2.24, 2.45) is 0 Å². The predicted molar refractivity (Wildman–Crippen MR) is 122 cm³/mol. The number of nitrogens with zero attached hydrogens (tertiary/aromatic N) is 2. The van der Waals surface area contributed by atoms with Gasteiger partial charge in [0, 0.05) is 30.8 Å². The number of nitro groups is 1. The number of amides is 2. The summed E-state index contributed by atoms with van der Waals surface area (Å²) in [5.41, 5.74) is 2.07. The molecule has 0 aromatic heterocycles. The summed E-state index contributed by atoms with van der Waals surface area (Å²) in [7, 11) is 0. The molecular weight excluding hydrogens is 406 g/mol. The molecule has 0 aliphatic carbocycles. The quantitative estimate of drug-likeness (QED) is 0.410. The molecule has 0 bridgehead atoms. The molecule has 7 nitrogen and oxygen atoms in total. The summed E-state index contributed by atoms with van der Waals surface area (Å²) in [6, 6.07) is 24.2. The highest BCUT2D eigenvalue weighted by Crippen LogP contribution is 2.14. The average Bonchev–Trinajstić information content (AvgIpc) is 2.82. The number of rotatable bonds is 9. The van der Waals surface area contributed by atoms with Crippen molar-refractivity contribution in [2.75, 3.05) is 6.54 Å². The molecule has 2 amide bonds. The van der Waals surface area contributed by atoms with Crippen molar-refractivity contribution in [3.05, 3.63) is 112 Å². The zero-order valence-electron chi connectivity index (χ0n) is 17.8. The van der Waals surface area contributed by atoms with Crippen molar-refractivity contribution in [1.82, 2.24) is 10.2 Å². The van der Waals surface area contributed by atoms with Gasteiger partial charge in [-0.2, -0.15) is 0 Å². The standard InChI is InChI=1S/C25H25N3O4/c1-19(26-24(29)22-13-8-14-23(17-22)28(31)32)25(30)27(18-21-11-6-3-7-12-21)16-15-20-9-4-2-5-10-20/h2-14,17,19H,15-16,18H2,1H3,(H,26,29). The summed E-state index contributed by atoms with van der Waals surface area (Å²) in [5, 5.41) is 13.6. The normalized spacial score (nSPS) is 11.4. The number of carbonyl (C=O) groups is 2. The van der Waals surface area contributed by atoms with E-state index in [2.05, 4.69) is 5.32 Å². The summed E-state index contributed by atoms with van der Waals surface area (Å²) in [4.78, 5) is 37.9. The van der Waals surface area contributed by atoms with Gasteiger partial charge >= 0.3 is 0 Å². The van der Waals surface area contributed by atoms with Crippen LogP contribution in [0.3, 0.4) is 0 Å². The average molecular weight is 431 g/mol. The largest absolute Gasteiger partial charge is 0.341 e. The molecule has 32 heavy (non-hydrogen) atoms. The molecule has 1 unspecified atom stereocenters. The second kappa shape index (κ2) is 10.9. The first-order valence-corrected chi connectivity index (χ1v) is 10.4. The van der Waals surface area contributed by atoms with Gasteiger partial charge in [0.25, 0.3) is 11.6 Å². The fraction of sp³-hybridized carbons (Fsp3) is 0.200. The van der Waals surface area contributed by atoms with Gasteiger partial charge in [0.2, 0.25) is 5.91 Å². The van der Waals surface area contributed by atoms with Crippen LogP contribution in [0, 0.1) is 10.1 Å². The summed E-state index contributed by atoms with van der Waals surface area (Å²) in [6.07, 6.45) is 0.685. The van der Waals surface area contributed by atoms with Crippen LogP contribution in [0.25, 0.3) is 0 Å². The van der Waals surface area contributed by atoms with E-state index in [1.807, 2.05) is 60.7 Å². The lowest BCUT2D eigenvalue weighted by Gasteiger charge is -2.26. The maximum absolute atomic E-state index is 13.2. The Morgan fingerprint density at radius 2 is 1.56 bits per heavy atom. The van der Waals surface area contributed by atoms with Crippen LogP contribution in [-0.2, 0) is 17.8 Å². The fourth-order valence-electron chi connectivity index (χ4n) is 3.36. The summed E-state index contributed by atoms with van der Waals surface area (Å²) in [5.74, 6) is -0.749. The van der Waals surface area contributed by atoms with E-state index in [9.17, 15) is 19.7 Å². The SMILES string of the molecule is CC(NC(=O)c1cccc([N+](=O)[O-])c1)C(=O)N(CCc1ccccc1)Cc1ccccc1. The molecule has 0 heterocycles. The summed E-state index contributed by atoms with van der Waals surface area (Å²) < 4.78 is 0. The molecule has 164 valence electrons. The van der Waals surface area contributed by atoms with E-state index in [1.165, 1.54) is 24.3 Å². The van der Waals surface area contributed by atoms with Crippen LogP contribution in [0.1, 0.15) is 28.4 Å². The minimum absolute atomic E-state index is 0.137. The Hall–Kier alpha value is -4.00. The second-order valence-electron chi connectivity index (χ2n) is 7.48. The number of nitrogens with one attached hydrogen (secondary N) is 1. The van der Waals surface area contributed by atoms with Crippen LogP contribution in [0.5, 0.6) is 0 Å². The maximum Gasteiger partial charge on any atom is 0.270 e. The Labute approximate surface area is 186 Å². The molecule has 0 fully saturated rings. The molecule has 0 spiro atoms. The third-order valence-electron chi connectivity index (χ3n) is 5.08. The zero-order chi connectivity index (χ0) is 22.9. The van der Waals surface area contributed by atoms with Gasteiger partial charge in [0.1, 0.15) is 6.04 Å². The van der Waals surface area contributed by atoms with Crippen LogP contribution >= 0.6 is 0 Å². The molecule has 1 N–H and O–H groups in total. The monoisotopic (exact) mass is 431 g/mol. The first kappa shape index (κ1) is 22.7. The molecular formula is C25H25N3O4. The van der Waals surface area contributed by atoms with E-state index in [0.717, 1.165) is 11.1 Å². The smallest absolute Gasteiger partial charge is 0.270 e. The van der Waals surface area contributed by atoms with Crippen molar-refractivity contribution in [1.29, 1.82) is 0 Å². The summed E-state index contributed by atoms with van der Waals surface area (Å²) in [6.45, 7) is 2.54. The van der Waals surface area contributed by atoms with Crippen LogP contribution < -0.4 is 5.32 Å². The molecule has 3 aromatic rings. The van der Waals surface area contributed by atoms with E-state index < -0.39 is 16.9 Å². The Balaban J connectivity index is 1.71. The lowest BCUT2D eigenvalue weighted by Crippen LogP contribution is -2.47. The molecule has 0 aliphatic rings. The van der Waals surface area contributed by atoms with Crippen LogP contribution in [0.2, 0.25) is 0 Å². The van der Waals surface area contributed by atoms with Gasteiger partial charge in [-0.15, -0.1) is 0 Å². The lowest BCUT2D eigenvalue weighted by atomic mass is 10.1. The fourth-order valence-corrected chi connectivity index (χ4v) is 3.36. The number of hydrogen-bond acceptors (Lipinski definition) is 4. The predicted octanol–water partition coefficient (Wildman–Crippen LogP) is 3.98. The van der Waals surface area contributed by atoms with Gasteiger partial charge in [-0.1, -0.05) is 66.7 Å². The third kappa shape index (κ3) is 6.25. The minimum atomic E-state index is -0.791.